The average Bonchev–Trinajstić information content (AvgIpc) is 2.57. The summed E-state index contributed by atoms with van der Waals surface area (Å²) in [6.07, 6.45) is 2.54. The van der Waals surface area contributed by atoms with Gasteiger partial charge < -0.3 is 10.2 Å². The topological polar surface area (TPSA) is 83.3 Å². The Hall–Kier alpha value is -2.79. The zero-order chi connectivity index (χ0) is 17.5. The summed E-state index contributed by atoms with van der Waals surface area (Å²) in [6, 6.07) is 12.3. The van der Waals surface area contributed by atoms with Gasteiger partial charge in [-0.05, 0) is 61.7 Å². The number of hydrogen-bond acceptors (Lipinski definition) is 4. The normalized spacial score (nSPS) is 10.1. The van der Waals surface area contributed by atoms with E-state index in [9.17, 15) is 0 Å². The lowest BCUT2D eigenvalue weighted by atomic mass is 10.0. The molecule has 0 radical (unpaired) electrons. The van der Waals surface area contributed by atoms with E-state index in [1.54, 1.807) is 0 Å². The van der Waals surface area contributed by atoms with Crippen LogP contribution in [0.15, 0.2) is 42.6 Å². The molecular weight excluding hydrogens is 304 g/mol. The summed E-state index contributed by atoms with van der Waals surface area (Å²) in [5, 5.41) is 17.1. The maximum Gasteiger partial charge on any atom is 0.290 e. The van der Waals surface area contributed by atoms with Gasteiger partial charge in [0.2, 0.25) is 0 Å². The number of aliphatic hydroxyl groups excluding tert-OH is 1. The summed E-state index contributed by atoms with van der Waals surface area (Å²) in [4.78, 5) is 17.4. The van der Waals surface area contributed by atoms with Crippen LogP contribution in [0, 0.1) is 13.8 Å². The monoisotopic (exact) mass is 324 g/mol. The highest BCUT2D eigenvalue weighted by atomic mass is 16.3. The largest absolute Gasteiger partial charge is 0.483 e. The maximum absolute atomic E-state index is 9.05. The third kappa shape index (κ3) is 4.14. The second-order valence-corrected chi connectivity index (χ2v) is 5.44. The minimum atomic E-state index is -0.250. The molecule has 0 amide bonds. The van der Waals surface area contributed by atoms with Gasteiger partial charge in [0, 0.05) is 29.4 Å². The minimum Gasteiger partial charge on any atom is -0.483 e. The van der Waals surface area contributed by atoms with Crippen LogP contribution in [0.5, 0.6) is 0 Å². The molecule has 0 aliphatic rings. The summed E-state index contributed by atoms with van der Waals surface area (Å²) >= 11 is 0. The van der Waals surface area contributed by atoms with E-state index >= 15 is 0 Å². The lowest BCUT2D eigenvalue weighted by molar-refractivity contribution is -0.122. The Kier molecular flexibility index (Phi) is 5.98. The molecule has 1 aromatic carbocycles. The summed E-state index contributed by atoms with van der Waals surface area (Å²) < 4.78 is 0. The van der Waals surface area contributed by atoms with Gasteiger partial charge in [0.1, 0.15) is 0 Å². The van der Waals surface area contributed by atoms with Crippen LogP contribution in [0.2, 0.25) is 0 Å². The molecule has 124 valence electrons. The Morgan fingerprint density at radius 2 is 1.88 bits per heavy atom. The van der Waals surface area contributed by atoms with Crippen molar-refractivity contribution in [2.45, 2.75) is 20.3 Å². The van der Waals surface area contributed by atoms with Gasteiger partial charge in [-0.25, -0.2) is 4.98 Å². The molecule has 5 nitrogen and oxygen atoms in total. The number of aliphatic hydroxyl groups is 1. The third-order valence-corrected chi connectivity index (χ3v) is 3.69. The number of carboxylic acid groups (broad SMARTS) is 1. The first-order chi connectivity index (χ1) is 11.6. The van der Waals surface area contributed by atoms with E-state index < -0.39 is 0 Å². The smallest absolute Gasteiger partial charge is 0.290 e. The van der Waals surface area contributed by atoms with Crippen molar-refractivity contribution < 1.29 is 15.0 Å². The lowest BCUT2D eigenvalue weighted by Crippen LogP contribution is -1.94. The summed E-state index contributed by atoms with van der Waals surface area (Å²) in [5.41, 5.74) is 6.29. The molecule has 0 aliphatic heterocycles. The quantitative estimate of drug-likeness (QED) is 0.723. The SMILES string of the molecule is Cc1ccc(-c2cc(C)c3cc(CCO)ccc3n2)cn1.O=CO. The van der Waals surface area contributed by atoms with Gasteiger partial charge in [-0.15, -0.1) is 0 Å². The first-order valence-corrected chi connectivity index (χ1v) is 7.61. The number of rotatable bonds is 3. The van der Waals surface area contributed by atoms with Crippen molar-refractivity contribution >= 4 is 17.4 Å². The standard InChI is InChI=1S/C18H18N2O.CH2O2/c1-12-9-18(15-5-3-13(2)19-11-15)20-17-6-4-14(7-8-21)10-16(12)17;2-1-3/h3-6,9-11,21H,7-8H2,1-2H3;1H,(H,2,3). The van der Waals surface area contributed by atoms with Gasteiger partial charge in [0.05, 0.1) is 11.2 Å². The number of fused-ring (bicyclic) bond motifs is 1. The minimum absolute atomic E-state index is 0.172. The first kappa shape index (κ1) is 17.6. The molecule has 0 saturated heterocycles. The highest BCUT2D eigenvalue weighted by Crippen LogP contribution is 2.25. The van der Waals surface area contributed by atoms with Crippen LogP contribution in [-0.2, 0) is 11.2 Å². The second-order valence-electron chi connectivity index (χ2n) is 5.44. The van der Waals surface area contributed by atoms with Crippen molar-refractivity contribution in [3.63, 3.8) is 0 Å². The number of nitrogens with zero attached hydrogens (tertiary/aromatic N) is 2. The fourth-order valence-electron chi connectivity index (χ4n) is 2.49. The first-order valence-electron chi connectivity index (χ1n) is 7.61. The van der Waals surface area contributed by atoms with E-state index in [-0.39, 0.29) is 13.1 Å². The molecule has 0 aliphatic carbocycles. The number of aryl methyl sites for hydroxylation is 2. The molecule has 0 bridgehead atoms. The van der Waals surface area contributed by atoms with Crippen LogP contribution in [-0.4, -0.2) is 33.3 Å². The van der Waals surface area contributed by atoms with Crippen molar-refractivity contribution in [2.24, 2.45) is 0 Å². The fourth-order valence-corrected chi connectivity index (χ4v) is 2.49. The van der Waals surface area contributed by atoms with Gasteiger partial charge in [-0.1, -0.05) is 6.07 Å². The Morgan fingerprint density at radius 1 is 1.12 bits per heavy atom. The Morgan fingerprint density at radius 3 is 2.50 bits per heavy atom. The predicted octanol–water partition coefficient (Wildman–Crippen LogP) is 3.15. The van der Waals surface area contributed by atoms with Crippen molar-refractivity contribution in [2.75, 3.05) is 6.61 Å². The molecule has 0 fully saturated rings. The summed E-state index contributed by atoms with van der Waals surface area (Å²) in [6.45, 7) is 3.99. The molecule has 0 atom stereocenters. The molecule has 24 heavy (non-hydrogen) atoms. The number of carbonyl (C=O) groups is 1. The summed E-state index contributed by atoms with van der Waals surface area (Å²) in [5.74, 6) is 0. The van der Waals surface area contributed by atoms with Gasteiger partial charge in [-0.2, -0.15) is 0 Å². The van der Waals surface area contributed by atoms with Gasteiger partial charge in [0.15, 0.2) is 0 Å². The summed E-state index contributed by atoms with van der Waals surface area (Å²) in [7, 11) is 0. The van der Waals surface area contributed by atoms with E-state index in [1.165, 1.54) is 5.56 Å². The molecule has 2 aromatic heterocycles. The van der Waals surface area contributed by atoms with E-state index in [4.69, 9.17) is 20.0 Å². The van der Waals surface area contributed by atoms with Gasteiger partial charge >= 0.3 is 0 Å². The number of aromatic nitrogens is 2. The van der Waals surface area contributed by atoms with Crippen LogP contribution < -0.4 is 0 Å². The van der Waals surface area contributed by atoms with Crippen molar-refractivity contribution in [3.05, 3.63) is 59.4 Å². The second kappa shape index (κ2) is 8.17. The van der Waals surface area contributed by atoms with Crippen LogP contribution >= 0.6 is 0 Å². The van der Waals surface area contributed by atoms with Crippen LogP contribution in [0.1, 0.15) is 16.8 Å². The van der Waals surface area contributed by atoms with Gasteiger partial charge in [0.25, 0.3) is 6.47 Å². The van der Waals surface area contributed by atoms with E-state index in [2.05, 4.69) is 30.1 Å². The number of pyridine rings is 2. The number of benzene rings is 1. The highest BCUT2D eigenvalue weighted by molar-refractivity contribution is 5.85. The maximum atomic E-state index is 9.05. The Balaban J connectivity index is 0.000000647. The van der Waals surface area contributed by atoms with E-state index in [0.29, 0.717) is 6.42 Å². The highest BCUT2D eigenvalue weighted by Gasteiger charge is 2.06. The molecule has 5 heteroatoms. The average molecular weight is 324 g/mol. The van der Waals surface area contributed by atoms with E-state index in [1.807, 2.05) is 31.3 Å². The molecule has 0 saturated carbocycles. The van der Waals surface area contributed by atoms with Crippen molar-refractivity contribution in [1.82, 2.24) is 9.97 Å². The molecule has 2 heterocycles. The van der Waals surface area contributed by atoms with Crippen LogP contribution in [0.4, 0.5) is 0 Å². The van der Waals surface area contributed by atoms with Crippen molar-refractivity contribution in [3.8, 4) is 11.3 Å². The van der Waals surface area contributed by atoms with Crippen LogP contribution in [0.3, 0.4) is 0 Å². The Labute approximate surface area is 140 Å². The lowest BCUT2D eigenvalue weighted by Gasteiger charge is -2.08. The molecule has 3 aromatic rings. The van der Waals surface area contributed by atoms with Crippen molar-refractivity contribution in [1.29, 1.82) is 0 Å². The predicted molar refractivity (Wildman–Crippen MR) is 93.9 cm³/mol. The Bertz CT molecular complexity index is 830. The molecular formula is C19H20N2O3. The molecule has 0 spiro atoms. The van der Waals surface area contributed by atoms with Gasteiger partial charge in [-0.3, -0.25) is 9.78 Å². The molecule has 0 unspecified atom stereocenters. The third-order valence-electron chi connectivity index (χ3n) is 3.69. The number of hydrogen-bond donors (Lipinski definition) is 2. The zero-order valence-corrected chi connectivity index (χ0v) is 13.7. The fraction of sp³-hybridized carbons (Fsp3) is 0.211. The zero-order valence-electron chi connectivity index (χ0n) is 13.7. The van der Waals surface area contributed by atoms with E-state index in [0.717, 1.165) is 33.4 Å². The molecule has 2 N–H and O–H groups in total. The van der Waals surface area contributed by atoms with Crippen LogP contribution in [0.25, 0.3) is 22.2 Å². The molecule has 3 rings (SSSR count).